The van der Waals surface area contributed by atoms with Gasteiger partial charge >= 0.3 is 0 Å². The number of benzene rings is 3. The summed E-state index contributed by atoms with van der Waals surface area (Å²) in [5.74, 6) is 0.669. The maximum Gasteiger partial charge on any atom is 0.0451 e. The Hall–Kier alpha value is -3.85. The Morgan fingerprint density at radius 2 is 1.39 bits per heavy atom. The highest BCUT2D eigenvalue weighted by molar-refractivity contribution is 6.08. The summed E-state index contributed by atoms with van der Waals surface area (Å²) in [6.45, 7) is 3.93. The smallest absolute Gasteiger partial charge is 0.0451 e. The van der Waals surface area contributed by atoms with Crippen LogP contribution in [-0.2, 0) is 6.42 Å². The molecule has 0 aliphatic heterocycles. The van der Waals surface area contributed by atoms with Gasteiger partial charge in [-0.15, -0.1) is 6.58 Å². The van der Waals surface area contributed by atoms with E-state index in [-0.39, 0.29) is 0 Å². The number of hydrogen-bond acceptors (Lipinski definition) is 3. The van der Waals surface area contributed by atoms with E-state index in [4.69, 9.17) is 0 Å². The lowest BCUT2D eigenvalue weighted by Gasteiger charge is -2.26. The van der Waals surface area contributed by atoms with Gasteiger partial charge in [0.2, 0.25) is 0 Å². The summed E-state index contributed by atoms with van der Waals surface area (Å²) in [7, 11) is 0. The fourth-order valence-corrected chi connectivity index (χ4v) is 4.52. The van der Waals surface area contributed by atoms with Gasteiger partial charge in [0.1, 0.15) is 0 Å². The number of nitrogens with zero attached hydrogens (tertiary/aromatic N) is 3. The van der Waals surface area contributed by atoms with Crippen LogP contribution in [0.1, 0.15) is 36.3 Å². The van der Waals surface area contributed by atoms with Gasteiger partial charge in [0.05, 0.1) is 0 Å². The van der Waals surface area contributed by atoms with Crippen LogP contribution < -0.4 is 0 Å². The Bertz CT molecular complexity index is 1200. The summed E-state index contributed by atoms with van der Waals surface area (Å²) in [5.41, 5.74) is 3.14. The number of allylic oxidation sites excluding steroid dienone is 1. The van der Waals surface area contributed by atoms with Crippen LogP contribution in [0.3, 0.4) is 0 Å². The molecule has 33 heavy (non-hydrogen) atoms. The third kappa shape index (κ3) is 5.69. The van der Waals surface area contributed by atoms with Crippen molar-refractivity contribution in [3.63, 3.8) is 0 Å². The van der Waals surface area contributed by atoms with Gasteiger partial charge in [0, 0.05) is 37.2 Å². The van der Waals surface area contributed by atoms with Crippen molar-refractivity contribution in [1.82, 2.24) is 15.0 Å². The summed E-state index contributed by atoms with van der Waals surface area (Å²) in [6, 6.07) is 23.7. The molecular weight excluding hydrogens is 402 g/mol. The highest BCUT2D eigenvalue weighted by Gasteiger charge is 2.21. The van der Waals surface area contributed by atoms with E-state index in [1.807, 2.05) is 18.2 Å². The lowest BCUT2D eigenvalue weighted by Crippen LogP contribution is -2.09. The summed E-state index contributed by atoms with van der Waals surface area (Å²) >= 11 is 0. The van der Waals surface area contributed by atoms with Gasteiger partial charge in [-0.2, -0.15) is 0 Å². The molecule has 0 N–H and O–H groups in total. The molecule has 3 aromatic carbocycles. The Labute approximate surface area is 195 Å². The van der Waals surface area contributed by atoms with E-state index in [9.17, 15) is 0 Å². The fraction of sp³-hybridized carbons (Fsp3) is 0.167. The van der Waals surface area contributed by atoms with E-state index in [0.717, 1.165) is 6.42 Å². The Morgan fingerprint density at radius 1 is 0.697 bits per heavy atom. The highest BCUT2D eigenvalue weighted by atomic mass is 14.7. The number of hydrogen-bond donors (Lipinski definition) is 0. The molecule has 5 aromatic rings. The fourth-order valence-electron chi connectivity index (χ4n) is 4.52. The van der Waals surface area contributed by atoms with Crippen molar-refractivity contribution in [2.75, 3.05) is 0 Å². The number of pyridine rings is 1. The molecule has 0 saturated heterocycles. The van der Waals surface area contributed by atoms with Crippen molar-refractivity contribution >= 4 is 21.5 Å². The minimum atomic E-state index is 0.669. The van der Waals surface area contributed by atoms with Crippen molar-refractivity contribution in [2.45, 2.75) is 31.6 Å². The van der Waals surface area contributed by atoms with Crippen molar-refractivity contribution < 1.29 is 0 Å². The standard InChI is InChI=1S/C21H20.C5H5N.C4H4N2/c1-2-6-15-8-5-10-19-18(15)13-14-20-17-9-4-3-7-16(17)11-12-21(19)20;1-2-4-6-5-3-1;1-2-6-4-3-5-1/h2-4,7,9,11-15H,1,5-6,8,10H2;1-5H;1-4H. The molecule has 3 nitrogen and oxygen atoms in total. The van der Waals surface area contributed by atoms with E-state index in [0.29, 0.717) is 5.92 Å². The average molecular weight is 432 g/mol. The van der Waals surface area contributed by atoms with Crippen LogP contribution in [0, 0.1) is 0 Å². The molecule has 0 bridgehead atoms. The topological polar surface area (TPSA) is 38.7 Å². The van der Waals surface area contributed by atoms with Crippen LogP contribution in [0.5, 0.6) is 0 Å². The Kier molecular flexibility index (Phi) is 7.91. The SMILES string of the molecule is C=CCC1CCCc2c1ccc1c2ccc2ccccc21.c1ccncc1.c1cnccn1. The summed E-state index contributed by atoms with van der Waals surface area (Å²) in [6.07, 6.45) is 17.1. The quantitative estimate of drug-likeness (QED) is 0.214. The second-order valence-electron chi connectivity index (χ2n) is 8.05. The number of rotatable bonds is 2. The molecule has 6 rings (SSSR count). The highest BCUT2D eigenvalue weighted by Crippen LogP contribution is 2.39. The molecule has 0 fully saturated rings. The van der Waals surface area contributed by atoms with Crippen LogP contribution >= 0.6 is 0 Å². The first-order valence-corrected chi connectivity index (χ1v) is 11.5. The lowest BCUT2D eigenvalue weighted by molar-refractivity contribution is 0.561. The predicted octanol–water partition coefficient (Wildman–Crippen LogP) is 7.55. The Morgan fingerprint density at radius 3 is 2.03 bits per heavy atom. The zero-order valence-electron chi connectivity index (χ0n) is 18.8. The van der Waals surface area contributed by atoms with Gasteiger partial charge in [-0.25, -0.2) is 0 Å². The van der Waals surface area contributed by atoms with E-state index in [1.165, 1.54) is 40.8 Å². The monoisotopic (exact) mass is 431 g/mol. The summed E-state index contributed by atoms with van der Waals surface area (Å²) < 4.78 is 0. The predicted molar refractivity (Wildman–Crippen MR) is 138 cm³/mol. The second-order valence-corrected chi connectivity index (χ2v) is 8.05. The molecule has 1 unspecified atom stereocenters. The first-order chi connectivity index (χ1) is 16.4. The molecule has 0 amide bonds. The molecule has 2 heterocycles. The minimum Gasteiger partial charge on any atom is -0.265 e. The van der Waals surface area contributed by atoms with Gasteiger partial charge in [-0.1, -0.05) is 60.7 Å². The third-order valence-electron chi connectivity index (χ3n) is 5.99. The van der Waals surface area contributed by atoms with Crippen molar-refractivity contribution in [3.05, 3.63) is 128 Å². The molecule has 1 atom stereocenters. The van der Waals surface area contributed by atoms with Gasteiger partial charge in [-0.05, 0) is 76.4 Å². The number of fused-ring (bicyclic) bond motifs is 5. The van der Waals surface area contributed by atoms with Gasteiger partial charge in [-0.3, -0.25) is 15.0 Å². The first-order valence-electron chi connectivity index (χ1n) is 11.5. The molecule has 0 saturated carbocycles. The average Bonchev–Trinajstić information content (AvgIpc) is 2.91. The lowest BCUT2D eigenvalue weighted by atomic mass is 9.78. The zero-order valence-corrected chi connectivity index (χ0v) is 18.8. The number of aromatic nitrogens is 3. The maximum absolute atomic E-state index is 3.93. The van der Waals surface area contributed by atoms with E-state index >= 15 is 0 Å². The van der Waals surface area contributed by atoms with Gasteiger partial charge in [0.25, 0.3) is 0 Å². The summed E-state index contributed by atoms with van der Waals surface area (Å²) in [4.78, 5) is 11.2. The van der Waals surface area contributed by atoms with Crippen molar-refractivity contribution in [2.24, 2.45) is 0 Å². The molecule has 164 valence electrons. The maximum atomic E-state index is 3.93. The molecule has 3 heteroatoms. The largest absolute Gasteiger partial charge is 0.265 e. The molecular formula is C30H29N3. The van der Waals surface area contributed by atoms with Gasteiger partial charge < -0.3 is 0 Å². The first kappa shape index (κ1) is 22.3. The summed E-state index contributed by atoms with van der Waals surface area (Å²) in [5, 5.41) is 5.58. The van der Waals surface area contributed by atoms with Crippen LogP contribution in [-0.4, -0.2) is 15.0 Å². The van der Waals surface area contributed by atoms with Gasteiger partial charge in [0.15, 0.2) is 0 Å². The molecule has 1 aliphatic carbocycles. The van der Waals surface area contributed by atoms with Crippen LogP contribution in [0.15, 0.2) is 117 Å². The van der Waals surface area contributed by atoms with E-state index in [2.05, 4.69) is 76.1 Å². The third-order valence-corrected chi connectivity index (χ3v) is 5.99. The van der Waals surface area contributed by atoms with Crippen molar-refractivity contribution in [1.29, 1.82) is 0 Å². The van der Waals surface area contributed by atoms with Crippen LogP contribution in [0.2, 0.25) is 0 Å². The Balaban J connectivity index is 0.000000176. The van der Waals surface area contributed by atoms with E-state index in [1.54, 1.807) is 48.3 Å². The normalized spacial score (nSPS) is 14.2. The molecule has 0 radical (unpaired) electrons. The second kappa shape index (κ2) is 11.7. The van der Waals surface area contributed by atoms with Crippen molar-refractivity contribution in [3.8, 4) is 0 Å². The minimum absolute atomic E-state index is 0.669. The molecule has 1 aliphatic rings. The number of aryl methyl sites for hydroxylation is 1. The van der Waals surface area contributed by atoms with Crippen LogP contribution in [0.4, 0.5) is 0 Å². The molecule has 2 aromatic heterocycles. The van der Waals surface area contributed by atoms with Crippen LogP contribution in [0.25, 0.3) is 21.5 Å². The van der Waals surface area contributed by atoms with E-state index < -0.39 is 0 Å². The molecule has 0 spiro atoms. The zero-order chi connectivity index (χ0) is 22.7.